The third kappa shape index (κ3) is 4.05. The van der Waals surface area contributed by atoms with Crippen LogP contribution in [0.5, 0.6) is 0 Å². The molecule has 0 unspecified atom stereocenters. The van der Waals surface area contributed by atoms with Crippen LogP contribution in [-0.2, 0) is 16.5 Å². The van der Waals surface area contributed by atoms with Gasteiger partial charge in [0, 0.05) is 0 Å². The van der Waals surface area contributed by atoms with Gasteiger partial charge in [0.1, 0.15) is 0 Å². The minimum absolute atomic E-state index is 0.0679. The molecule has 2 aromatic carbocycles. The first-order valence-electron chi connectivity index (χ1n) is 8.55. The summed E-state index contributed by atoms with van der Waals surface area (Å²) >= 11 is 0. The fourth-order valence-corrected chi connectivity index (χ4v) is 4.57. The molecular formula is C20H24O3S. The van der Waals surface area contributed by atoms with Crippen LogP contribution in [0, 0.1) is 12.8 Å². The van der Waals surface area contributed by atoms with Crippen molar-refractivity contribution in [3.63, 3.8) is 0 Å². The van der Waals surface area contributed by atoms with Crippen LogP contribution in [0.2, 0.25) is 0 Å². The van der Waals surface area contributed by atoms with Crippen LogP contribution in [0.4, 0.5) is 0 Å². The Hall–Kier alpha value is -1.65. The Kier molecular flexibility index (Phi) is 5.07. The zero-order valence-corrected chi connectivity index (χ0v) is 14.8. The molecule has 1 fully saturated rings. The summed E-state index contributed by atoms with van der Waals surface area (Å²) in [5, 5.41) is 0. The Balaban J connectivity index is 1.70. The average molecular weight is 344 g/mol. The van der Waals surface area contributed by atoms with Crippen LogP contribution in [0.1, 0.15) is 48.3 Å². The van der Waals surface area contributed by atoms with Crippen molar-refractivity contribution in [1.29, 1.82) is 0 Å². The van der Waals surface area contributed by atoms with Crippen LogP contribution in [0.25, 0.3) is 0 Å². The summed E-state index contributed by atoms with van der Waals surface area (Å²) < 4.78 is 32.7. The predicted octanol–water partition coefficient (Wildman–Crippen LogP) is 4.76. The molecule has 0 amide bonds. The van der Waals surface area contributed by atoms with Gasteiger partial charge < -0.3 is 0 Å². The molecule has 1 N–H and O–H groups in total. The Bertz CT molecular complexity index is 789. The summed E-state index contributed by atoms with van der Waals surface area (Å²) in [6.45, 7) is 1.95. The highest BCUT2D eigenvalue weighted by molar-refractivity contribution is 7.85. The van der Waals surface area contributed by atoms with Gasteiger partial charge in [0.05, 0.1) is 4.90 Å². The van der Waals surface area contributed by atoms with E-state index in [0.29, 0.717) is 11.8 Å². The largest absolute Gasteiger partial charge is 0.294 e. The number of hydrogen-bond donors (Lipinski definition) is 1. The van der Waals surface area contributed by atoms with Crippen molar-refractivity contribution < 1.29 is 13.0 Å². The van der Waals surface area contributed by atoms with E-state index in [9.17, 15) is 13.0 Å². The molecule has 0 atom stereocenters. The zero-order chi connectivity index (χ0) is 17.2. The maximum absolute atomic E-state index is 11.6. The summed E-state index contributed by atoms with van der Waals surface area (Å²) in [5.41, 5.74) is 3.18. The number of rotatable bonds is 4. The highest BCUT2D eigenvalue weighted by Crippen LogP contribution is 2.37. The minimum Gasteiger partial charge on any atom is -0.282 e. The molecule has 128 valence electrons. The van der Waals surface area contributed by atoms with Gasteiger partial charge >= 0.3 is 0 Å². The van der Waals surface area contributed by atoms with E-state index in [4.69, 9.17) is 0 Å². The zero-order valence-electron chi connectivity index (χ0n) is 14.0. The van der Waals surface area contributed by atoms with Crippen molar-refractivity contribution in [2.45, 2.75) is 49.8 Å². The predicted molar refractivity (Wildman–Crippen MR) is 95.8 cm³/mol. The van der Waals surface area contributed by atoms with Crippen LogP contribution in [0.3, 0.4) is 0 Å². The van der Waals surface area contributed by atoms with E-state index in [-0.39, 0.29) is 4.90 Å². The first kappa shape index (κ1) is 17.2. The van der Waals surface area contributed by atoms with Gasteiger partial charge in [0.2, 0.25) is 0 Å². The lowest BCUT2D eigenvalue weighted by molar-refractivity contribution is 0.323. The molecule has 0 bridgehead atoms. The third-order valence-corrected chi connectivity index (χ3v) is 6.07. The quantitative estimate of drug-likeness (QED) is 0.814. The molecule has 4 heteroatoms. The van der Waals surface area contributed by atoms with Crippen LogP contribution in [0.15, 0.2) is 53.4 Å². The van der Waals surface area contributed by atoms with Crippen LogP contribution >= 0.6 is 0 Å². The lowest BCUT2D eigenvalue weighted by Crippen LogP contribution is -2.16. The van der Waals surface area contributed by atoms with Crippen molar-refractivity contribution in [2.75, 3.05) is 0 Å². The summed E-state index contributed by atoms with van der Waals surface area (Å²) in [6.07, 6.45) is 5.19. The molecule has 0 spiro atoms. The fraction of sp³-hybridized carbons (Fsp3) is 0.400. The standard InChI is InChI=1S/C20H24O3S/c1-15-7-12-20(24(21,22)23)19(13-15)14-16-8-10-18(11-9-16)17-5-3-2-4-6-17/h2-7,12-13,16,18H,8-11,14H2,1H3,(H,21,22,23). The molecule has 1 saturated carbocycles. The van der Waals surface area contributed by atoms with Crippen LogP contribution < -0.4 is 0 Å². The SMILES string of the molecule is Cc1ccc(S(=O)(=O)O)c(CC2CCC(c3ccccc3)CC2)c1. The van der Waals surface area contributed by atoms with E-state index in [1.54, 1.807) is 6.07 Å². The Morgan fingerprint density at radius 3 is 2.29 bits per heavy atom. The van der Waals surface area contributed by atoms with Crippen molar-refractivity contribution >= 4 is 10.1 Å². The van der Waals surface area contributed by atoms with E-state index < -0.39 is 10.1 Å². The minimum atomic E-state index is -4.15. The molecule has 1 aliphatic rings. The van der Waals surface area contributed by atoms with E-state index in [1.165, 1.54) is 11.6 Å². The van der Waals surface area contributed by atoms with E-state index in [1.807, 2.05) is 19.1 Å². The summed E-state index contributed by atoms with van der Waals surface area (Å²) in [4.78, 5) is 0.0679. The lowest BCUT2D eigenvalue weighted by atomic mass is 9.76. The number of hydrogen-bond acceptors (Lipinski definition) is 2. The molecule has 1 aliphatic carbocycles. The molecule has 0 radical (unpaired) electrons. The monoisotopic (exact) mass is 344 g/mol. The third-order valence-electron chi connectivity index (χ3n) is 5.12. The van der Waals surface area contributed by atoms with Gasteiger partial charge in [0.25, 0.3) is 10.1 Å². The summed E-state index contributed by atoms with van der Waals surface area (Å²) in [6, 6.07) is 15.8. The van der Waals surface area contributed by atoms with Gasteiger partial charge in [-0.3, -0.25) is 4.55 Å². The maximum atomic E-state index is 11.6. The molecule has 2 aromatic rings. The van der Waals surface area contributed by atoms with Gasteiger partial charge in [-0.05, 0) is 68.1 Å². The summed E-state index contributed by atoms with van der Waals surface area (Å²) in [7, 11) is -4.15. The first-order chi connectivity index (χ1) is 11.4. The van der Waals surface area contributed by atoms with Crippen molar-refractivity contribution in [3.05, 3.63) is 65.2 Å². The Morgan fingerprint density at radius 1 is 1.00 bits per heavy atom. The molecule has 3 rings (SSSR count). The van der Waals surface area contributed by atoms with Crippen molar-refractivity contribution in [3.8, 4) is 0 Å². The average Bonchev–Trinajstić information content (AvgIpc) is 2.55. The lowest BCUT2D eigenvalue weighted by Gasteiger charge is -2.29. The molecule has 0 saturated heterocycles. The molecule has 24 heavy (non-hydrogen) atoms. The first-order valence-corrected chi connectivity index (χ1v) is 9.99. The molecular weight excluding hydrogens is 320 g/mol. The maximum Gasteiger partial charge on any atom is 0.294 e. The summed E-state index contributed by atoms with van der Waals surface area (Å²) in [5.74, 6) is 1.09. The highest BCUT2D eigenvalue weighted by atomic mass is 32.2. The van der Waals surface area contributed by atoms with Gasteiger partial charge in [-0.25, -0.2) is 0 Å². The topological polar surface area (TPSA) is 54.4 Å². The second-order valence-electron chi connectivity index (χ2n) is 6.92. The Morgan fingerprint density at radius 2 is 1.67 bits per heavy atom. The van der Waals surface area contributed by atoms with Crippen molar-refractivity contribution in [1.82, 2.24) is 0 Å². The van der Waals surface area contributed by atoms with E-state index >= 15 is 0 Å². The molecule has 0 aliphatic heterocycles. The smallest absolute Gasteiger partial charge is 0.282 e. The fourth-order valence-electron chi connectivity index (χ4n) is 3.86. The molecule has 0 aromatic heterocycles. The van der Waals surface area contributed by atoms with Gasteiger partial charge in [0.15, 0.2) is 0 Å². The van der Waals surface area contributed by atoms with Gasteiger partial charge in [-0.1, -0.05) is 48.0 Å². The molecule has 0 heterocycles. The Labute approximate surface area is 144 Å². The van der Waals surface area contributed by atoms with E-state index in [2.05, 4.69) is 24.3 Å². The number of benzene rings is 2. The second-order valence-corrected chi connectivity index (χ2v) is 8.31. The highest BCUT2D eigenvalue weighted by Gasteiger charge is 2.24. The van der Waals surface area contributed by atoms with Crippen molar-refractivity contribution in [2.24, 2.45) is 5.92 Å². The second kappa shape index (κ2) is 7.08. The van der Waals surface area contributed by atoms with Crippen LogP contribution in [-0.4, -0.2) is 13.0 Å². The van der Waals surface area contributed by atoms with Gasteiger partial charge in [-0.2, -0.15) is 8.42 Å². The van der Waals surface area contributed by atoms with E-state index in [0.717, 1.165) is 43.2 Å². The van der Waals surface area contributed by atoms with Gasteiger partial charge in [-0.15, -0.1) is 0 Å². The molecule has 3 nitrogen and oxygen atoms in total. The normalized spacial score (nSPS) is 21.6. The number of aryl methyl sites for hydroxylation is 1.